The maximum absolute atomic E-state index is 13.5. The second-order valence-corrected chi connectivity index (χ2v) is 6.43. The van der Waals surface area contributed by atoms with E-state index in [4.69, 9.17) is 4.74 Å². The van der Waals surface area contributed by atoms with Gasteiger partial charge in [-0.25, -0.2) is 4.39 Å². The van der Waals surface area contributed by atoms with Crippen molar-refractivity contribution in [3.05, 3.63) is 24.0 Å². The van der Waals surface area contributed by atoms with Crippen molar-refractivity contribution in [1.82, 2.24) is 0 Å². The number of hydrogen-bond acceptors (Lipinski definition) is 2. The molecule has 0 radical (unpaired) electrons. The van der Waals surface area contributed by atoms with Gasteiger partial charge in [0.1, 0.15) is 0 Å². The molecule has 1 aliphatic rings. The van der Waals surface area contributed by atoms with Crippen molar-refractivity contribution in [1.29, 1.82) is 0 Å². The zero-order chi connectivity index (χ0) is 14.7. The van der Waals surface area contributed by atoms with Gasteiger partial charge in [-0.05, 0) is 42.7 Å². The van der Waals surface area contributed by atoms with Gasteiger partial charge in [-0.3, -0.25) is 0 Å². The summed E-state index contributed by atoms with van der Waals surface area (Å²) in [5, 5.41) is 3.60. The van der Waals surface area contributed by atoms with Crippen LogP contribution in [0.4, 0.5) is 10.1 Å². The maximum Gasteiger partial charge on any atom is 0.165 e. The van der Waals surface area contributed by atoms with Crippen molar-refractivity contribution < 1.29 is 9.13 Å². The number of nitrogens with one attached hydrogen (secondary N) is 1. The highest BCUT2D eigenvalue weighted by Crippen LogP contribution is 2.35. The summed E-state index contributed by atoms with van der Waals surface area (Å²) >= 11 is 0. The molecule has 0 saturated heterocycles. The van der Waals surface area contributed by atoms with Crippen molar-refractivity contribution in [2.75, 3.05) is 12.4 Å². The average molecular weight is 279 g/mol. The molecule has 0 aliphatic heterocycles. The Bertz CT molecular complexity index is 447. The van der Waals surface area contributed by atoms with E-state index in [1.165, 1.54) is 32.4 Å². The lowest BCUT2D eigenvalue weighted by atomic mass is 9.74. The fourth-order valence-electron chi connectivity index (χ4n) is 3.33. The molecule has 1 N–H and O–H groups in total. The summed E-state index contributed by atoms with van der Waals surface area (Å²) in [6.45, 7) is 6.90. The van der Waals surface area contributed by atoms with E-state index in [0.717, 1.165) is 11.6 Å². The van der Waals surface area contributed by atoms with Crippen LogP contribution in [0.5, 0.6) is 5.75 Å². The fourth-order valence-corrected chi connectivity index (χ4v) is 3.33. The minimum atomic E-state index is -0.310. The van der Waals surface area contributed by atoms with Gasteiger partial charge in [-0.2, -0.15) is 0 Å². The van der Waals surface area contributed by atoms with Crippen molar-refractivity contribution in [2.24, 2.45) is 17.8 Å². The Morgan fingerprint density at radius 1 is 1.30 bits per heavy atom. The van der Waals surface area contributed by atoms with Crippen molar-refractivity contribution in [2.45, 2.75) is 46.1 Å². The summed E-state index contributed by atoms with van der Waals surface area (Å²) in [5.41, 5.74) is 0.952. The molecule has 0 bridgehead atoms. The zero-order valence-corrected chi connectivity index (χ0v) is 12.9. The second-order valence-electron chi connectivity index (χ2n) is 6.43. The average Bonchev–Trinajstić information content (AvgIpc) is 2.40. The van der Waals surface area contributed by atoms with E-state index >= 15 is 0 Å². The van der Waals surface area contributed by atoms with Crippen LogP contribution in [0.2, 0.25) is 0 Å². The fraction of sp³-hybridized carbons (Fsp3) is 0.647. The molecule has 3 atom stereocenters. The number of anilines is 1. The molecule has 3 heteroatoms. The van der Waals surface area contributed by atoms with Gasteiger partial charge >= 0.3 is 0 Å². The summed E-state index contributed by atoms with van der Waals surface area (Å²) in [6, 6.07) is 5.49. The third kappa shape index (κ3) is 3.44. The molecule has 0 aromatic heterocycles. The van der Waals surface area contributed by atoms with Crippen LogP contribution in [0.1, 0.15) is 40.0 Å². The Balaban J connectivity index is 2.13. The van der Waals surface area contributed by atoms with Gasteiger partial charge < -0.3 is 10.1 Å². The molecule has 0 spiro atoms. The highest BCUT2D eigenvalue weighted by molar-refractivity contribution is 5.49. The minimum Gasteiger partial charge on any atom is -0.494 e. The van der Waals surface area contributed by atoms with Crippen molar-refractivity contribution in [3.63, 3.8) is 0 Å². The van der Waals surface area contributed by atoms with E-state index in [1.54, 1.807) is 12.1 Å². The Hall–Kier alpha value is -1.25. The lowest BCUT2D eigenvalue weighted by molar-refractivity contribution is 0.212. The lowest BCUT2D eigenvalue weighted by Gasteiger charge is -2.38. The highest BCUT2D eigenvalue weighted by Gasteiger charge is 2.30. The minimum absolute atomic E-state index is 0.306. The van der Waals surface area contributed by atoms with Crippen LogP contribution >= 0.6 is 0 Å². The zero-order valence-electron chi connectivity index (χ0n) is 12.9. The summed E-state index contributed by atoms with van der Waals surface area (Å²) in [4.78, 5) is 0. The predicted molar refractivity (Wildman–Crippen MR) is 81.7 cm³/mol. The number of methoxy groups -OCH3 is 1. The van der Waals surface area contributed by atoms with Gasteiger partial charge in [-0.1, -0.05) is 27.2 Å². The summed E-state index contributed by atoms with van der Waals surface area (Å²) in [5.74, 6) is 2.10. The molecule has 1 aliphatic carbocycles. The first kappa shape index (κ1) is 15.1. The smallest absolute Gasteiger partial charge is 0.165 e. The number of hydrogen-bond donors (Lipinski definition) is 1. The first-order chi connectivity index (χ1) is 9.51. The molecule has 3 unspecified atom stereocenters. The van der Waals surface area contributed by atoms with Crippen molar-refractivity contribution in [3.8, 4) is 5.75 Å². The summed E-state index contributed by atoms with van der Waals surface area (Å²) < 4.78 is 18.5. The maximum atomic E-state index is 13.5. The predicted octanol–water partition coefficient (Wildman–Crippen LogP) is 4.71. The largest absolute Gasteiger partial charge is 0.494 e. The summed E-state index contributed by atoms with van der Waals surface area (Å²) in [7, 11) is 1.50. The molecule has 20 heavy (non-hydrogen) atoms. The number of benzene rings is 1. The normalized spacial score (nSPS) is 26.6. The summed E-state index contributed by atoms with van der Waals surface area (Å²) in [6.07, 6.45) is 3.77. The van der Waals surface area contributed by atoms with Gasteiger partial charge in [0.05, 0.1) is 7.11 Å². The van der Waals surface area contributed by atoms with Gasteiger partial charge in [0.25, 0.3) is 0 Å². The Labute approximate surface area is 121 Å². The van der Waals surface area contributed by atoms with Crippen LogP contribution in [0.25, 0.3) is 0 Å². The first-order valence-electron chi connectivity index (χ1n) is 7.61. The molecule has 0 heterocycles. The van der Waals surface area contributed by atoms with Gasteiger partial charge in [-0.15, -0.1) is 0 Å². The van der Waals surface area contributed by atoms with Crippen LogP contribution in [0, 0.1) is 23.6 Å². The molecule has 1 fully saturated rings. The monoisotopic (exact) mass is 279 g/mol. The van der Waals surface area contributed by atoms with Crippen LogP contribution in [0.3, 0.4) is 0 Å². The molecule has 2 nitrogen and oxygen atoms in total. The van der Waals surface area contributed by atoms with Crippen LogP contribution < -0.4 is 10.1 Å². The number of rotatable bonds is 4. The lowest BCUT2D eigenvalue weighted by Crippen LogP contribution is -2.37. The molecule has 2 rings (SSSR count). The van der Waals surface area contributed by atoms with Crippen LogP contribution in [0.15, 0.2) is 18.2 Å². The third-order valence-electron chi connectivity index (χ3n) is 4.53. The molecule has 1 aromatic carbocycles. The number of ether oxygens (including phenoxy) is 1. The molecular weight excluding hydrogens is 253 g/mol. The van der Waals surface area contributed by atoms with E-state index in [-0.39, 0.29) is 5.82 Å². The molecule has 1 saturated carbocycles. The van der Waals surface area contributed by atoms with Gasteiger partial charge in [0.15, 0.2) is 11.6 Å². The van der Waals surface area contributed by atoms with Gasteiger partial charge in [0.2, 0.25) is 0 Å². The molecule has 0 amide bonds. The Morgan fingerprint density at radius 3 is 2.70 bits per heavy atom. The van der Waals surface area contributed by atoms with Gasteiger partial charge in [0, 0.05) is 17.8 Å². The second kappa shape index (κ2) is 6.47. The Morgan fingerprint density at radius 2 is 2.05 bits per heavy atom. The molecule has 1 aromatic rings. The van der Waals surface area contributed by atoms with E-state index < -0.39 is 0 Å². The van der Waals surface area contributed by atoms with Crippen LogP contribution in [-0.4, -0.2) is 13.2 Å². The van der Waals surface area contributed by atoms with E-state index in [2.05, 4.69) is 26.1 Å². The molecule has 112 valence electrons. The third-order valence-corrected chi connectivity index (χ3v) is 4.53. The quantitative estimate of drug-likeness (QED) is 0.862. The molecular formula is C17H26FNO. The first-order valence-corrected chi connectivity index (χ1v) is 7.61. The topological polar surface area (TPSA) is 21.3 Å². The van der Waals surface area contributed by atoms with E-state index in [1.807, 2.05) is 0 Å². The van der Waals surface area contributed by atoms with E-state index in [9.17, 15) is 4.39 Å². The van der Waals surface area contributed by atoms with Crippen LogP contribution in [-0.2, 0) is 0 Å². The Kier molecular flexibility index (Phi) is 4.90. The highest BCUT2D eigenvalue weighted by atomic mass is 19.1. The SMILES string of the molecule is COc1cc(NC2CC(C)CCC2C(C)C)ccc1F. The van der Waals surface area contributed by atoms with Crippen molar-refractivity contribution >= 4 is 5.69 Å². The standard InChI is InChI=1S/C17H26FNO/c1-11(2)14-7-5-12(3)9-16(14)19-13-6-8-15(18)17(10-13)20-4/h6,8,10-12,14,16,19H,5,7,9H2,1-4H3. The number of halogens is 1. The van der Waals surface area contributed by atoms with E-state index in [0.29, 0.717) is 23.6 Å².